The van der Waals surface area contributed by atoms with E-state index < -0.39 is 0 Å². The third-order valence-corrected chi connectivity index (χ3v) is 4.12. The van der Waals surface area contributed by atoms with E-state index in [2.05, 4.69) is 12.3 Å². The molecule has 1 aliphatic heterocycles. The van der Waals surface area contributed by atoms with Crippen LogP contribution in [0.4, 0.5) is 0 Å². The normalized spacial score (nSPS) is 21.3. The summed E-state index contributed by atoms with van der Waals surface area (Å²) in [6.07, 6.45) is 13.4. The zero-order valence-corrected chi connectivity index (χ0v) is 12.1. The van der Waals surface area contributed by atoms with Crippen LogP contribution in [0.2, 0.25) is 0 Å². The van der Waals surface area contributed by atoms with Crippen molar-refractivity contribution < 1.29 is 4.74 Å². The number of rotatable bonds is 11. The molecule has 3 heteroatoms. The standard InChI is InChI=1S/C15H32N2O/c1-2-3-4-5-6-7-8-9-10-15(17-16)14-11-12-18-13-14/h14-15,17H,2-13,16H2,1H3. The van der Waals surface area contributed by atoms with E-state index in [0.717, 1.165) is 13.2 Å². The minimum atomic E-state index is 0.465. The van der Waals surface area contributed by atoms with Crippen LogP contribution in [0, 0.1) is 5.92 Å². The molecule has 3 N–H and O–H groups in total. The lowest BCUT2D eigenvalue weighted by atomic mass is 9.94. The van der Waals surface area contributed by atoms with Crippen molar-refractivity contribution in [3.8, 4) is 0 Å². The molecule has 0 bridgehead atoms. The van der Waals surface area contributed by atoms with Gasteiger partial charge in [-0.3, -0.25) is 11.3 Å². The molecule has 0 aromatic heterocycles. The van der Waals surface area contributed by atoms with Gasteiger partial charge >= 0.3 is 0 Å². The molecule has 0 aromatic carbocycles. The Morgan fingerprint density at radius 2 is 1.78 bits per heavy atom. The van der Waals surface area contributed by atoms with Crippen LogP contribution in [0.3, 0.4) is 0 Å². The Morgan fingerprint density at radius 3 is 2.33 bits per heavy atom. The molecule has 1 fully saturated rings. The van der Waals surface area contributed by atoms with Crippen molar-refractivity contribution in [2.75, 3.05) is 13.2 Å². The molecular weight excluding hydrogens is 224 g/mol. The lowest BCUT2D eigenvalue weighted by Crippen LogP contribution is -2.41. The number of hydrogen-bond acceptors (Lipinski definition) is 3. The maximum Gasteiger partial charge on any atom is 0.0510 e. The van der Waals surface area contributed by atoms with Crippen molar-refractivity contribution in [2.24, 2.45) is 11.8 Å². The molecule has 0 saturated carbocycles. The van der Waals surface area contributed by atoms with Crippen LogP contribution in [0.15, 0.2) is 0 Å². The Morgan fingerprint density at radius 1 is 1.11 bits per heavy atom. The first-order valence-corrected chi connectivity index (χ1v) is 7.92. The number of ether oxygens (including phenoxy) is 1. The second-order valence-corrected chi connectivity index (χ2v) is 5.66. The maximum absolute atomic E-state index is 5.64. The SMILES string of the molecule is CCCCCCCCCCC(NN)C1CCOC1. The summed E-state index contributed by atoms with van der Waals surface area (Å²) in [4.78, 5) is 0. The fourth-order valence-corrected chi connectivity index (χ4v) is 2.82. The number of nitrogens with one attached hydrogen (secondary N) is 1. The molecule has 3 nitrogen and oxygen atoms in total. The molecule has 1 aliphatic rings. The summed E-state index contributed by atoms with van der Waals surface area (Å²) in [5.41, 5.74) is 2.98. The van der Waals surface area contributed by atoms with Crippen molar-refractivity contribution >= 4 is 0 Å². The molecule has 108 valence electrons. The Kier molecular flexibility index (Phi) is 9.54. The van der Waals surface area contributed by atoms with E-state index in [1.807, 2.05) is 0 Å². The summed E-state index contributed by atoms with van der Waals surface area (Å²) in [6.45, 7) is 4.08. The average molecular weight is 256 g/mol. The van der Waals surface area contributed by atoms with Crippen molar-refractivity contribution in [1.82, 2.24) is 5.43 Å². The molecule has 1 saturated heterocycles. The van der Waals surface area contributed by atoms with Gasteiger partial charge in [0.05, 0.1) is 6.61 Å². The van der Waals surface area contributed by atoms with Crippen molar-refractivity contribution in [2.45, 2.75) is 77.2 Å². The largest absolute Gasteiger partial charge is 0.381 e. The summed E-state index contributed by atoms with van der Waals surface area (Å²) in [6, 6.07) is 0.465. The van der Waals surface area contributed by atoms with Gasteiger partial charge in [-0.15, -0.1) is 0 Å². The van der Waals surface area contributed by atoms with Gasteiger partial charge < -0.3 is 4.74 Å². The Bertz CT molecular complexity index is 181. The van der Waals surface area contributed by atoms with E-state index in [0.29, 0.717) is 12.0 Å². The van der Waals surface area contributed by atoms with E-state index in [9.17, 15) is 0 Å². The van der Waals surface area contributed by atoms with Crippen molar-refractivity contribution in [1.29, 1.82) is 0 Å². The Balaban J connectivity index is 1.92. The molecule has 0 amide bonds. The van der Waals surface area contributed by atoms with Gasteiger partial charge in [0.15, 0.2) is 0 Å². The molecular formula is C15H32N2O. The topological polar surface area (TPSA) is 47.3 Å². The highest BCUT2D eigenvalue weighted by Gasteiger charge is 2.24. The zero-order chi connectivity index (χ0) is 13.1. The van der Waals surface area contributed by atoms with E-state index in [1.54, 1.807) is 0 Å². The number of nitrogens with two attached hydrogens (primary N) is 1. The van der Waals surface area contributed by atoms with Crippen LogP contribution in [0.25, 0.3) is 0 Å². The van der Waals surface area contributed by atoms with Gasteiger partial charge in [0.1, 0.15) is 0 Å². The number of unbranched alkanes of at least 4 members (excludes halogenated alkanes) is 7. The summed E-state index contributed by atoms with van der Waals surface area (Å²) in [5.74, 6) is 6.28. The van der Waals surface area contributed by atoms with Crippen LogP contribution in [0.5, 0.6) is 0 Å². The van der Waals surface area contributed by atoms with E-state index >= 15 is 0 Å². The third kappa shape index (κ3) is 6.72. The molecule has 0 aliphatic carbocycles. The zero-order valence-electron chi connectivity index (χ0n) is 12.1. The molecule has 2 unspecified atom stereocenters. The first-order valence-electron chi connectivity index (χ1n) is 7.92. The smallest absolute Gasteiger partial charge is 0.0510 e. The monoisotopic (exact) mass is 256 g/mol. The van der Waals surface area contributed by atoms with E-state index in [1.165, 1.54) is 64.2 Å². The van der Waals surface area contributed by atoms with Crippen LogP contribution in [-0.2, 0) is 4.74 Å². The van der Waals surface area contributed by atoms with Gasteiger partial charge in [0.25, 0.3) is 0 Å². The molecule has 18 heavy (non-hydrogen) atoms. The third-order valence-electron chi connectivity index (χ3n) is 4.12. The molecule has 0 aromatic rings. The van der Waals surface area contributed by atoms with Gasteiger partial charge in [-0.05, 0) is 12.8 Å². The van der Waals surface area contributed by atoms with Gasteiger partial charge in [0, 0.05) is 18.6 Å². The molecule has 0 spiro atoms. The maximum atomic E-state index is 5.64. The van der Waals surface area contributed by atoms with E-state index in [-0.39, 0.29) is 0 Å². The fraction of sp³-hybridized carbons (Fsp3) is 1.00. The molecule has 2 atom stereocenters. The number of hydrogen-bond donors (Lipinski definition) is 2. The quantitative estimate of drug-likeness (QED) is 0.338. The lowest BCUT2D eigenvalue weighted by molar-refractivity contribution is 0.174. The summed E-state index contributed by atoms with van der Waals surface area (Å²) in [5, 5.41) is 0. The highest BCUT2D eigenvalue weighted by Crippen LogP contribution is 2.20. The van der Waals surface area contributed by atoms with Crippen LogP contribution in [-0.4, -0.2) is 19.3 Å². The highest BCUT2D eigenvalue weighted by atomic mass is 16.5. The minimum Gasteiger partial charge on any atom is -0.381 e. The predicted molar refractivity (Wildman–Crippen MR) is 77.3 cm³/mol. The Hall–Kier alpha value is -0.120. The number of hydrazine groups is 1. The molecule has 0 radical (unpaired) electrons. The van der Waals surface area contributed by atoms with Gasteiger partial charge in [-0.25, -0.2) is 0 Å². The molecule has 1 heterocycles. The first kappa shape index (κ1) is 15.9. The van der Waals surface area contributed by atoms with Crippen LogP contribution in [0.1, 0.15) is 71.1 Å². The van der Waals surface area contributed by atoms with Gasteiger partial charge in [-0.2, -0.15) is 0 Å². The summed E-state index contributed by atoms with van der Waals surface area (Å²) in [7, 11) is 0. The summed E-state index contributed by atoms with van der Waals surface area (Å²) < 4.78 is 5.43. The highest BCUT2D eigenvalue weighted by molar-refractivity contribution is 4.77. The summed E-state index contributed by atoms with van der Waals surface area (Å²) >= 11 is 0. The van der Waals surface area contributed by atoms with Crippen molar-refractivity contribution in [3.05, 3.63) is 0 Å². The fourth-order valence-electron chi connectivity index (χ4n) is 2.82. The minimum absolute atomic E-state index is 0.465. The second kappa shape index (κ2) is 10.8. The molecule has 1 rings (SSSR count). The van der Waals surface area contributed by atoms with Gasteiger partial charge in [0.2, 0.25) is 0 Å². The Labute approximate surface area is 113 Å². The average Bonchev–Trinajstić information content (AvgIpc) is 2.91. The van der Waals surface area contributed by atoms with Crippen molar-refractivity contribution in [3.63, 3.8) is 0 Å². The van der Waals surface area contributed by atoms with Crippen LogP contribution >= 0.6 is 0 Å². The predicted octanol–water partition coefficient (Wildman–Crippen LogP) is 3.39. The first-order chi connectivity index (χ1) is 8.88. The van der Waals surface area contributed by atoms with E-state index in [4.69, 9.17) is 10.6 Å². The van der Waals surface area contributed by atoms with Crippen LogP contribution < -0.4 is 11.3 Å². The van der Waals surface area contributed by atoms with Gasteiger partial charge in [-0.1, -0.05) is 58.3 Å². The second-order valence-electron chi connectivity index (χ2n) is 5.66. The lowest BCUT2D eigenvalue weighted by Gasteiger charge is -2.21.